The molecule has 4 nitrogen and oxygen atoms in total. The highest BCUT2D eigenvalue weighted by Gasteiger charge is 2.21. The van der Waals surface area contributed by atoms with E-state index in [1.807, 2.05) is 30.0 Å². The van der Waals surface area contributed by atoms with E-state index in [9.17, 15) is 4.79 Å². The van der Waals surface area contributed by atoms with Crippen molar-refractivity contribution in [3.63, 3.8) is 0 Å². The van der Waals surface area contributed by atoms with E-state index in [2.05, 4.69) is 17.5 Å². The lowest BCUT2D eigenvalue weighted by molar-refractivity contribution is -0.126. The fraction of sp³-hybridized carbons (Fsp3) is 0.400. The number of amides is 1. The van der Waals surface area contributed by atoms with Crippen LogP contribution in [0.3, 0.4) is 0 Å². The van der Waals surface area contributed by atoms with E-state index >= 15 is 0 Å². The molecule has 1 aliphatic rings. The summed E-state index contributed by atoms with van der Waals surface area (Å²) in [6, 6.07) is 8.04. The van der Waals surface area contributed by atoms with Gasteiger partial charge in [0.15, 0.2) is 0 Å². The lowest BCUT2D eigenvalue weighted by Gasteiger charge is -2.36. The summed E-state index contributed by atoms with van der Waals surface area (Å²) in [5.74, 6) is 0.922. The van der Waals surface area contributed by atoms with Crippen molar-refractivity contribution < 1.29 is 9.53 Å². The zero-order chi connectivity index (χ0) is 13.7. The summed E-state index contributed by atoms with van der Waals surface area (Å²) >= 11 is 0. The van der Waals surface area contributed by atoms with Gasteiger partial charge in [0.05, 0.1) is 12.3 Å². The zero-order valence-corrected chi connectivity index (χ0v) is 11.3. The van der Waals surface area contributed by atoms with Crippen molar-refractivity contribution in [1.82, 2.24) is 4.90 Å². The normalized spacial score (nSPS) is 15.2. The minimum Gasteiger partial charge on any atom is -0.492 e. The molecule has 0 radical (unpaired) electrons. The van der Waals surface area contributed by atoms with Gasteiger partial charge in [-0.25, -0.2) is 0 Å². The highest BCUT2D eigenvalue weighted by molar-refractivity contribution is 5.87. The maximum atomic E-state index is 11.5. The van der Waals surface area contributed by atoms with Gasteiger partial charge >= 0.3 is 0 Å². The molecule has 2 rings (SSSR count). The van der Waals surface area contributed by atoms with E-state index < -0.39 is 0 Å². The molecule has 0 aliphatic carbocycles. The van der Waals surface area contributed by atoms with Crippen LogP contribution in [0.25, 0.3) is 0 Å². The Morgan fingerprint density at radius 3 is 2.63 bits per heavy atom. The molecule has 0 spiro atoms. The Labute approximate surface area is 114 Å². The Kier molecular flexibility index (Phi) is 4.44. The highest BCUT2D eigenvalue weighted by Crippen LogP contribution is 2.28. The molecule has 102 valence electrons. The third kappa shape index (κ3) is 3.08. The molecule has 1 fully saturated rings. The van der Waals surface area contributed by atoms with Gasteiger partial charge < -0.3 is 14.5 Å². The monoisotopic (exact) mass is 260 g/mol. The number of anilines is 1. The Hall–Kier alpha value is -1.97. The smallest absolute Gasteiger partial charge is 0.246 e. The summed E-state index contributed by atoms with van der Waals surface area (Å²) < 4.78 is 5.65. The Morgan fingerprint density at radius 2 is 2.00 bits per heavy atom. The van der Waals surface area contributed by atoms with Crippen LogP contribution in [0.1, 0.15) is 6.92 Å². The second-order valence-corrected chi connectivity index (χ2v) is 4.42. The number of hydrogen-bond acceptors (Lipinski definition) is 3. The molecule has 0 aromatic heterocycles. The van der Waals surface area contributed by atoms with E-state index in [0.29, 0.717) is 6.61 Å². The standard InChI is InChI=1S/C15H20N2O2/c1-3-15(18)17-11-9-16(10-12-17)13-7-5-6-8-14(13)19-4-2/h3,5-8H,1,4,9-12H2,2H3. The quantitative estimate of drug-likeness (QED) is 0.775. The minimum atomic E-state index is 0.0118. The van der Waals surface area contributed by atoms with Crippen LogP contribution in [0.5, 0.6) is 5.75 Å². The van der Waals surface area contributed by atoms with Crippen LogP contribution in [0.4, 0.5) is 5.69 Å². The predicted octanol–water partition coefficient (Wildman–Crippen LogP) is 1.92. The number of benzene rings is 1. The van der Waals surface area contributed by atoms with Crippen LogP contribution in [0, 0.1) is 0 Å². The number of hydrogen-bond donors (Lipinski definition) is 0. The topological polar surface area (TPSA) is 32.8 Å². The van der Waals surface area contributed by atoms with E-state index in [4.69, 9.17) is 4.74 Å². The summed E-state index contributed by atoms with van der Waals surface area (Å²) in [7, 11) is 0. The number of carbonyl (C=O) groups is 1. The molecule has 19 heavy (non-hydrogen) atoms. The van der Waals surface area contributed by atoms with Crippen molar-refractivity contribution in [2.45, 2.75) is 6.92 Å². The van der Waals surface area contributed by atoms with Crippen LogP contribution in [0.15, 0.2) is 36.9 Å². The van der Waals surface area contributed by atoms with Crippen LogP contribution >= 0.6 is 0 Å². The molecule has 0 atom stereocenters. The van der Waals surface area contributed by atoms with E-state index in [-0.39, 0.29) is 5.91 Å². The van der Waals surface area contributed by atoms with Crippen molar-refractivity contribution in [1.29, 1.82) is 0 Å². The molecular formula is C15H20N2O2. The molecule has 1 amide bonds. The Bertz CT molecular complexity index is 451. The van der Waals surface area contributed by atoms with Gasteiger partial charge in [-0.3, -0.25) is 4.79 Å². The van der Waals surface area contributed by atoms with Crippen LogP contribution in [0.2, 0.25) is 0 Å². The van der Waals surface area contributed by atoms with Gasteiger partial charge in [-0.05, 0) is 25.1 Å². The lowest BCUT2D eigenvalue weighted by Crippen LogP contribution is -2.48. The average Bonchev–Trinajstić information content (AvgIpc) is 2.47. The van der Waals surface area contributed by atoms with E-state index in [1.54, 1.807) is 0 Å². The van der Waals surface area contributed by atoms with Gasteiger partial charge in [0, 0.05) is 26.2 Å². The van der Waals surface area contributed by atoms with Gasteiger partial charge in [0.1, 0.15) is 5.75 Å². The summed E-state index contributed by atoms with van der Waals surface area (Å²) in [5, 5.41) is 0. The van der Waals surface area contributed by atoms with Crippen LogP contribution < -0.4 is 9.64 Å². The average molecular weight is 260 g/mol. The molecule has 0 unspecified atom stereocenters. The molecule has 4 heteroatoms. The number of para-hydroxylation sites is 2. The number of rotatable bonds is 4. The molecule has 0 bridgehead atoms. The maximum Gasteiger partial charge on any atom is 0.246 e. The van der Waals surface area contributed by atoms with Gasteiger partial charge in [0.2, 0.25) is 5.91 Å². The van der Waals surface area contributed by atoms with E-state index in [1.165, 1.54) is 6.08 Å². The summed E-state index contributed by atoms with van der Waals surface area (Å²) in [4.78, 5) is 15.6. The fourth-order valence-corrected chi connectivity index (χ4v) is 2.29. The molecule has 1 heterocycles. The number of carbonyl (C=O) groups excluding carboxylic acids is 1. The summed E-state index contributed by atoms with van der Waals surface area (Å²) in [6.07, 6.45) is 1.38. The first-order valence-corrected chi connectivity index (χ1v) is 6.64. The van der Waals surface area contributed by atoms with Crippen LogP contribution in [-0.4, -0.2) is 43.6 Å². The Morgan fingerprint density at radius 1 is 1.32 bits per heavy atom. The molecule has 1 aliphatic heterocycles. The third-order valence-electron chi connectivity index (χ3n) is 3.27. The molecule has 0 saturated carbocycles. The second kappa shape index (κ2) is 6.27. The van der Waals surface area contributed by atoms with E-state index in [0.717, 1.165) is 37.6 Å². The molecular weight excluding hydrogens is 240 g/mol. The minimum absolute atomic E-state index is 0.0118. The molecule has 0 N–H and O–H groups in total. The van der Waals surface area contributed by atoms with Gasteiger partial charge in [-0.2, -0.15) is 0 Å². The fourth-order valence-electron chi connectivity index (χ4n) is 2.29. The zero-order valence-electron chi connectivity index (χ0n) is 11.3. The first-order valence-electron chi connectivity index (χ1n) is 6.64. The van der Waals surface area contributed by atoms with Crippen LogP contribution in [-0.2, 0) is 4.79 Å². The summed E-state index contributed by atoms with van der Waals surface area (Å²) in [5.41, 5.74) is 1.11. The van der Waals surface area contributed by atoms with Gasteiger partial charge in [-0.1, -0.05) is 18.7 Å². The van der Waals surface area contributed by atoms with Crippen molar-refractivity contribution in [2.75, 3.05) is 37.7 Å². The molecule has 1 saturated heterocycles. The van der Waals surface area contributed by atoms with Gasteiger partial charge in [-0.15, -0.1) is 0 Å². The second-order valence-electron chi connectivity index (χ2n) is 4.42. The molecule has 1 aromatic rings. The number of nitrogens with zero attached hydrogens (tertiary/aromatic N) is 2. The van der Waals surface area contributed by atoms with Crippen molar-refractivity contribution in [3.05, 3.63) is 36.9 Å². The number of ether oxygens (including phenoxy) is 1. The predicted molar refractivity (Wildman–Crippen MR) is 76.6 cm³/mol. The third-order valence-corrected chi connectivity index (χ3v) is 3.27. The summed E-state index contributed by atoms with van der Waals surface area (Å²) in [6.45, 7) is 9.27. The largest absolute Gasteiger partial charge is 0.492 e. The Balaban J connectivity index is 2.05. The van der Waals surface area contributed by atoms with Gasteiger partial charge in [0.25, 0.3) is 0 Å². The SMILES string of the molecule is C=CC(=O)N1CCN(c2ccccc2OCC)CC1. The first-order chi connectivity index (χ1) is 9.26. The molecule has 1 aromatic carbocycles. The first kappa shape index (κ1) is 13.5. The number of piperazine rings is 1. The van der Waals surface area contributed by atoms with Crippen molar-refractivity contribution in [3.8, 4) is 5.75 Å². The van der Waals surface area contributed by atoms with Crippen molar-refractivity contribution >= 4 is 11.6 Å². The maximum absolute atomic E-state index is 11.5. The van der Waals surface area contributed by atoms with Crippen molar-refractivity contribution in [2.24, 2.45) is 0 Å². The lowest BCUT2D eigenvalue weighted by atomic mass is 10.2. The highest BCUT2D eigenvalue weighted by atomic mass is 16.5.